The maximum absolute atomic E-state index is 13.3. The number of aromatic nitrogens is 1. The highest BCUT2D eigenvalue weighted by Gasteiger charge is 2.30. The fourth-order valence-electron chi connectivity index (χ4n) is 5.28. The highest BCUT2D eigenvalue weighted by atomic mass is 16.3. The van der Waals surface area contributed by atoms with Crippen molar-refractivity contribution in [3.05, 3.63) is 71.4 Å². The summed E-state index contributed by atoms with van der Waals surface area (Å²) in [5.41, 5.74) is 4.36. The van der Waals surface area contributed by atoms with E-state index in [2.05, 4.69) is 56.6 Å². The molecule has 0 atom stereocenters. The second kappa shape index (κ2) is 12.4. The van der Waals surface area contributed by atoms with Gasteiger partial charge < -0.3 is 29.6 Å². The lowest BCUT2D eigenvalue weighted by atomic mass is 9.87. The molecule has 2 amide bonds. The molecule has 0 radical (unpaired) electrons. The van der Waals surface area contributed by atoms with Gasteiger partial charge in [-0.05, 0) is 68.4 Å². The Balaban J connectivity index is 1.33. The number of piperazine rings is 1. The molecule has 222 valence electrons. The first-order valence-corrected chi connectivity index (χ1v) is 14.8. The second-order valence-corrected chi connectivity index (χ2v) is 12.3. The van der Waals surface area contributed by atoms with E-state index in [1.54, 1.807) is 19.1 Å². The monoisotopic (exact) mass is 571 g/mol. The summed E-state index contributed by atoms with van der Waals surface area (Å²) in [6.45, 7) is 11.4. The lowest BCUT2D eigenvalue weighted by Gasteiger charge is -2.38. The van der Waals surface area contributed by atoms with Crippen LogP contribution >= 0.6 is 0 Å². The minimum atomic E-state index is -0.367. The maximum atomic E-state index is 13.3. The van der Waals surface area contributed by atoms with E-state index in [0.29, 0.717) is 42.4 Å². The van der Waals surface area contributed by atoms with E-state index < -0.39 is 0 Å². The van der Waals surface area contributed by atoms with Crippen molar-refractivity contribution in [2.45, 2.75) is 59.3 Å². The van der Waals surface area contributed by atoms with Gasteiger partial charge in [-0.1, -0.05) is 32.0 Å². The molecule has 1 saturated heterocycles. The van der Waals surface area contributed by atoms with E-state index in [0.717, 1.165) is 44.7 Å². The number of anilines is 3. The lowest BCUT2D eigenvalue weighted by molar-refractivity contribution is -0.117. The van der Waals surface area contributed by atoms with E-state index in [4.69, 9.17) is 4.42 Å². The Hall–Kier alpha value is -4.14. The van der Waals surface area contributed by atoms with E-state index in [1.807, 2.05) is 19.9 Å². The van der Waals surface area contributed by atoms with Crippen molar-refractivity contribution in [3.8, 4) is 0 Å². The summed E-state index contributed by atoms with van der Waals surface area (Å²) >= 11 is 0. The van der Waals surface area contributed by atoms with Crippen molar-refractivity contribution < 1.29 is 18.8 Å². The van der Waals surface area contributed by atoms with Crippen LogP contribution in [0.15, 0.2) is 53.1 Å². The molecule has 0 bridgehead atoms. The number of carbonyl (C=O) groups excluding carboxylic acids is 3. The molecule has 2 fully saturated rings. The van der Waals surface area contributed by atoms with E-state index in [9.17, 15) is 14.4 Å². The number of nitrogens with zero attached hydrogens (tertiary/aromatic N) is 3. The van der Waals surface area contributed by atoms with Crippen LogP contribution < -0.4 is 20.4 Å². The van der Waals surface area contributed by atoms with Gasteiger partial charge in [-0.25, -0.2) is 4.98 Å². The third-order valence-electron chi connectivity index (χ3n) is 8.15. The largest absolute Gasteiger partial charge is 0.448 e. The molecule has 3 aromatic rings. The molecule has 2 N–H and O–H groups in total. The summed E-state index contributed by atoms with van der Waals surface area (Å²) in [7, 11) is 0. The Morgan fingerprint density at radius 3 is 2.33 bits per heavy atom. The average molecular weight is 572 g/mol. The van der Waals surface area contributed by atoms with Crippen LogP contribution in [0.4, 0.5) is 17.1 Å². The van der Waals surface area contributed by atoms with Crippen LogP contribution in [-0.2, 0) is 4.79 Å². The van der Waals surface area contributed by atoms with E-state index >= 15 is 0 Å². The molecule has 2 heterocycles. The van der Waals surface area contributed by atoms with Crippen LogP contribution in [0.2, 0.25) is 0 Å². The third kappa shape index (κ3) is 7.19. The van der Waals surface area contributed by atoms with Crippen molar-refractivity contribution in [1.82, 2.24) is 10.3 Å². The van der Waals surface area contributed by atoms with Crippen LogP contribution in [0.5, 0.6) is 0 Å². The molecule has 9 heteroatoms. The summed E-state index contributed by atoms with van der Waals surface area (Å²) in [6, 6.07) is 13.8. The molecule has 2 aromatic carbocycles. The number of rotatable bonds is 11. The standard InChI is InChI=1S/C33H41N5O4/c1-22-7-5-6-8-28(22)37-15-17-38(18-16-37)29-12-11-25(30(40)34-21-33(3,4)14-13-23(2)39)19-26(29)35-31(41)27-20-42-32(36-27)24-9-10-24/h5-8,11-12,19-20,24H,9-10,13-18,21H2,1-4H3,(H,34,40)(H,35,41). The second-order valence-electron chi connectivity index (χ2n) is 12.3. The zero-order valence-electron chi connectivity index (χ0n) is 25.0. The Labute approximate surface area is 247 Å². The first-order chi connectivity index (χ1) is 20.1. The zero-order chi connectivity index (χ0) is 29.9. The number of amides is 2. The predicted octanol–water partition coefficient (Wildman–Crippen LogP) is 5.56. The minimum Gasteiger partial charge on any atom is -0.448 e. The SMILES string of the molecule is CC(=O)CCC(C)(C)CNC(=O)c1ccc(N2CCN(c3ccccc3C)CC2)c(NC(=O)c2coc(C3CC3)n2)c1. The Kier molecular flexibility index (Phi) is 8.66. The quantitative estimate of drug-likeness (QED) is 0.310. The molecule has 1 aliphatic carbocycles. The topological polar surface area (TPSA) is 108 Å². The summed E-state index contributed by atoms with van der Waals surface area (Å²) in [5.74, 6) is 0.455. The summed E-state index contributed by atoms with van der Waals surface area (Å²) < 4.78 is 5.54. The molecule has 2 aliphatic rings. The fourth-order valence-corrected chi connectivity index (χ4v) is 5.28. The molecule has 1 aliphatic heterocycles. The number of hydrogen-bond acceptors (Lipinski definition) is 7. The van der Waals surface area contributed by atoms with Gasteiger partial charge >= 0.3 is 0 Å². The highest BCUT2D eigenvalue weighted by molar-refractivity contribution is 6.06. The van der Waals surface area contributed by atoms with Crippen molar-refractivity contribution >= 4 is 34.7 Å². The summed E-state index contributed by atoms with van der Waals surface area (Å²) in [6.07, 6.45) is 4.64. The molecular weight excluding hydrogens is 530 g/mol. The Morgan fingerprint density at radius 1 is 0.976 bits per heavy atom. The highest BCUT2D eigenvalue weighted by Crippen LogP contribution is 2.39. The number of carbonyl (C=O) groups is 3. The van der Waals surface area contributed by atoms with Crippen LogP contribution in [0.3, 0.4) is 0 Å². The van der Waals surface area contributed by atoms with E-state index in [-0.39, 0.29) is 28.7 Å². The molecule has 0 unspecified atom stereocenters. The number of aryl methyl sites for hydroxylation is 1. The number of benzene rings is 2. The van der Waals surface area contributed by atoms with Crippen LogP contribution in [0, 0.1) is 12.3 Å². The van der Waals surface area contributed by atoms with Gasteiger partial charge in [0.2, 0.25) is 0 Å². The first-order valence-electron chi connectivity index (χ1n) is 14.8. The number of Topliss-reactive ketones (excluding diaryl/α,β-unsaturated/α-hetero) is 1. The molecule has 1 saturated carbocycles. The number of nitrogens with one attached hydrogen (secondary N) is 2. The van der Waals surface area contributed by atoms with Gasteiger partial charge in [0.05, 0.1) is 11.4 Å². The smallest absolute Gasteiger partial charge is 0.277 e. The number of hydrogen-bond donors (Lipinski definition) is 2. The molecule has 42 heavy (non-hydrogen) atoms. The third-order valence-corrected chi connectivity index (χ3v) is 8.15. The Bertz CT molecular complexity index is 1450. The molecule has 5 rings (SSSR count). The molecule has 9 nitrogen and oxygen atoms in total. The van der Waals surface area contributed by atoms with Gasteiger partial charge in [0.1, 0.15) is 12.0 Å². The van der Waals surface area contributed by atoms with Crippen molar-refractivity contribution in [2.24, 2.45) is 5.41 Å². The van der Waals surface area contributed by atoms with Crippen molar-refractivity contribution in [1.29, 1.82) is 0 Å². The summed E-state index contributed by atoms with van der Waals surface area (Å²) in [4.78, 5) is 46.9. The van der Waals surface area contributed by atoms with Gasteiger partial charge in [-0.3, -0.25) is 9.59 Å². The van der Waals surface area contributed by atoms with Gasteiger partial charge in [-0.15, -0.1) is 0 Å². The number of para-hydroxylation sites is 1. The van der Waals surface area contributed by atoms with Crippen LogP contribution in [0.1, 0.15) is 84.7 Å². The van der Waals surface area contributed by atoms with Gasteiger partial charge in [0.25, 0.3) is 11.8 Å². The van der Waals surface area contributed by atoms with Crippen molar-refractivity contribution in [3.63, 3.8) is 0 Å². The van der Waals surface area contributed by atoms with E-state index in [1.165, 1.54) is 17.5 Å². The average Bonchev–Trinajstić information content (AvgIpc) is 3.71. The minimum absolute atomic E-state index is 0.140. The lowest BCUT2D eigenvalue weighted by Crippen LogP contribution is -2.47. The van der Waals surface area contributed by atoms with Gasteiger partial charge in [0, 0.05) is 56.3 Å². The summed E-state index contributed by atoms with van der Waals surface area (Å²) in [5, 5.41) is 6.03. The van der Waals surface area contributed by atoms with Crippen LogP contribution in [0.25, 0.3) is 0 Å². The van der Waals surface area contributed by atoms with Gasteiger partial charge in [-0.2, -0.15) is 0 Å². The number of ketones is 1. The number of oxazole rings is 1. The predicted molar refractivity (Wildman–Crippen MR) is 165 cm³/mol. The van der Waals surface area contributed by atoms with Crippen LogP contribution in [-0.4, -0.2) is 55.3 Å². The fraction of sp³-hybridized carbons (Fsp3) is 0.455. The van der Waals surface area contributed by atoms with Gasteiger partial charge in [0.15, 0.2) is 11.6 Å². The normalized spacial score (nSPS) is 15.4. The Morgan fingerprint density at radius 2 is 1.67 bits per heavy atom. The first kappa shape index (κ1) is 29.4. The molecule has 0 spiro atoms. The zero-order valence-corrected chi connectivity index (χ0v) is 25.0. The molecule has 1 aromatic heterocycles. The molecular formula is C33H41N5O4. The maximum Gasteiger partial charge on any atom is 0.277 e. The van der Waals surface area contributed by atoms with Crippen molar-refractivity contribution in [2.75, 3.05) is 47.8 Å².